The van der Waals surface area contributed by atoms with E-state index in [1.807, 2.05) is 47.3 Å². The van der Waals surface area contributed by atoms with E-state index in [0.29, 0.717) is 30.2 Å². The zero-order valence-electron chi connectivity index (χ0n) is 17.9. The number of hydrogen-bond donors (Lipinski definition) is 1. The van der Waals surface area contributed by atoms with Crippen molar-refractivity contribution in [3.8, 4) is 11.5 Å². The van der Waals surface area contributed by atoms with Gasteiger partial charge in [0.15, 0.2) is 0 Å². The second-order valence-electron chi connectivity index (χ2n) is 7.42. The van der Waals surface area contributed by atoms with Gasteiger partial charge in [-0.3, -0.25) is 9.48 Å². The van der Waals surface area contributed by atoms with Crippen LogP contribution >= 0.6 is 0 Å². The average molecular weight is 415 g/mol. The molecule has 4 aromatic rings. The van der Waals surface area contributed by atoms with Gasteiger partial charge in [-0.1, -0.05) is 35.9 Å². The highest BCUT2D eigenvalue weighted by atomic mass is 16.5. The molecule has 0 spiro atoms. The first-order valence-corrected chi connectivity index (χ1v) is 10.1. The topological polar surface area (TPSA) is 65.4 Å². The number of aryl methyl sites for hydroxylation is 1. The molecule has 4 rings (SSSR count). The lowest BCUT2D eigenvalue weighted by Crippen LogP contribution is -2.23. The summed E-state index contributed by atoms with van der Waals surface area (Å²) in [5, 5.41) is 8.47. The minimum atomic E-state index is -0.158. The Bertz CT molecular complexity index is 1210. The summed E-state index contributed by atoms with van der Waals surface area (Å²) in [5.41, 5.74) is 4.74. The van der Waals surface area contributed by atoms with Crippen molar-refractivity contribution in [3.05, 3.63) is 89.1 Å². The number of rotatable bonds is 7. The summed E-state index contributed by atoms with van der Waals surface area (Å²) in [5.74, 6) is 1.26. The molecule has 0 saturated carbocycles. The number of fused-ring (bicyclic) bond motifs is 1. The Kier molecular flexibility index (Phi) is 5.89. The highest BCUT2D eigenvalue weighted by Gasteiger charge is 2.12. The molecule has 0 radical (unpaired) electrons. The van der Waals surface area contributed by atoms with E-state index >= 15 is 0 Å². The molecular weight excluding hydrogens is 390 g/mol. The second-order valence-corrected chi connectivity index (χ2v) is 7.42. The fraction of sp³-hybridized carbons (Fsp3) is 0.200. The predicted molar refractivity (Wildman–Crippen MR) is 121 cm³/mol. The van der Waals surface area contributed by atoms with Crippen LogP contribution in [0.5, 0.6) is 11.5 Å². The van der Waals surface area contributed by atoms with Gasteiger partial charge in [0.25, 0.3) is 5.91 Å². The van der Waals surface area contributed by atoms with Gasteiger partial charge in [-0.05, 0) is 42.8 Å². The van der Waals surface area contributed by atoms with Crippen LogP contribution in [0.25, 0.3) is 10.9 Å². The summed E-state index contributed by atoms with van der Waals surface area (Å²) >= 11 is 0. The normalized spacial score (nSPS) is 10.8. The standard InChI is InChI=1S/C25H25N3O3/c1-17-4-6-18(7-5-17)16-28-23-13-19(8-9-20(23)15-27-28)25(29)26-14-21-12-22(30-2)10-11-24(21)31-3/h4-13,15H,14,16H2,1-3H3,(H,26,29). The smallest absolute Gasteiger partial charge is 0.251 e. The molecule has 31 heavy (non-hydrogen) atoms. The Balaban J connectivity index is 1.53. The maximum absolute atomic E-state index is 12.8. The number of benzene rings is 3. The highest BCUT2D eigenvalue weighted by molar-refractivity contribution is 5.97. The number of methoxy groups -OCH3 is 2. The molecule has 1 heterocycles. The van der Waals surface area contributed by atoms with Crippen LogP contribution in [-0.4, -0.2) is 29.9 Å². The fourth-order valence-corrected chi connectivity index (χ4v) is 3.50. The van der Waals surface area contributed by atoms with E-state index in [1.165, 1.54) is 5.56 Å². The first-order chi connectivity index (χ1) is 15.1. The highest BCUT2D eigenvalue weighted by Crippen LogP contribution is 2.24. The van der Waals surface area contributed by atoms with Crippen LogP contribution in [0, 0.1) is 6.92 Å². The third-order valence-corrected chi connectivity index (χ3v) is 5.29. The molecule has 0 aliphatic heterocycles. The first kappa shape index (κ1) is 20.5. The largest absolute Gasteiger partial charge is 0.497 e. The lowest BCUT2D eigenvalue weighted by atomic mass is 10.1. The Morgan fingerprint density at radius 1 is 1.00 bits per heavy atom. The zero-order valence-corrected chi connectivity index (χ0v) is 17.9. The maximum atomic E-state index is 12.8. The Labute approximate surface area is 181 Å². The lowest BCUT2D eigenvalue weighted by molar-refractivity contribution is 0.0950. The number of aromatic nitrogens is 2. The summed E-state index contributed by atoms with van der Waals surface area (Å²) in [4.78, 5) is 12.8. The molecule has 0 bridgehead atoms. The summed E-state index contributed by atoms with van der Waals surface area (Å²) in [7, 11) is 3.22. The second kappa shape index (κ2) is 8.92. The van der Waals surface area contributed by atoms with Crippen LogP contribution < -0.4 is 14.8 Å². The summed E-state index contributed by atoms with van der Waals surface area (Å²) in [6, 6.07) is 19.5. The van der Waals surface area contributed by atoms with Crippen molar-refractivity contribution in [1.82, 2.24) is 15.1 Å². The third kappa shape index (κ3) is 4.53. The third-order valence-electron chi connectivity index (χ3n) is 5.29. The van der Waals surface area contributed by atoms with Crippen LogP contribution in [0.1, 0.15) is 27.0 Å². The van der Waals surface area contributed by atoms with Gasteiger partial charge in [-0.15, -0.1) is 0 Å². The molecule has 1 N–H and O–H groups in total. The number of nitrogens with one attached hydrogen (secondary N) is 1. The van der Waals surface area contributed by atoms with Gasteiger partial charge >= 0.3 is 0 Å². The number of nitrogens with zero attached hydrogens (tertiary/aromatic N) is 2. The van der Waals surface area contributed by atoms with Gasteiger partial charge in [0.1, 0.15) is 11.5 Å². The molecule has 6 nitrogen and oxygen atoms in total. The van der Waals surface area contributed by atoms with E-state index in [1.54, 1.807) is 14.2 Å². The molecule has 1 amide bonds. The van der Waals surface area contributed by atoms with Gasteiger partial charge in [0.05, 0.1) is 32.5 Å². The van der Waals surface area contributed by atoms with Crippen LogP contribution in [0.15, 0.2) is 66.9 Å². The first-order valence-electron chi connectivity index (χ1n) is 10.1. The van der Waals surface area contributed by atoms with E-state index in [0.717, 1.165) is 22.0 Å². The number of amides is 1. The van der Waals surface area contributed by atoms with Gasteiger partial charge < -0.3 is 14.8 Å². The molecule has 158 valence electrons. The van der Waals surface area contributed by atoms with E-state index in [2.05, 4.69) is 41.6 Å². The zero-order chi connectivity index (χ0) is 21.8. The monoisotopic (exact) mass is 415 g/mol. The maximum Gasteiger partial charge on any atom is 0.251 e. The van der Waals surface area contributed by atoms with E-state index in [9.17, 15) is 4.79 Å². The van der Waals surface area contributed by atoms with Crippen molar-refractivity contribution >= 4 is 16.8 Å². The Morgan fingerprint density at radius 3 is 2.55 bits per heavy atom. The molecule has 3 aromatic carbocycles. The average Bonchev–Trinajstić information content (AvgIpc) is 3.20. The predicted octanol–water partition coefficient (Wildman–Crippen LogP) is 4.34. The van der Waals surface area contributed by atoms with Crippen molar-refractivity contribution < 1.29 is 14.3 Å². The van der Waals surface area contributed by atoms with E-state index in [4.69, 9.17) is 9.47 Å². The SMILES string of the molecule is COc1ccc(OC)c(CNC(=O)c2ccc3cnn(Cc4ccc(C)cc4)c3c2)c1. The summed E-state index contributed by atoms with van der Waals surface area (Å²) < 4.78 is 12.6. The Hall–Kier alpha value is -3.80. The quantitative estimate of drug-likeness (QED) is 0.488. The number of hydrogen-bond acceptors (Lipinski definition) is 4. The van der Waals surface area contributed by atoms with Gasteiger partial charge in [-0.25, -0.2) is 0 Å². The molecule has 0 saturated heterocycles. The number of carbonyl (C=O) groups is 1. The minimum absolute atomic E-state index is 0.158. The van der Waals surface area contributed by atoms with E-state index < -0.39 is 0 Å². The number of ether oxygens (including phenoxy) is 2. The van der Waals surface area contributed by atoms with Crippen molar-refractivity contribution in [2.45, 2.75) is 20.0 Å². The van der Waals surface area contributed by atoms with Crippen molar-refractivity contribution in [2.24, 2.45) is 0 Å². The lowest BCUT2D eigenvalue weighted by Gasteiger charge is -2.12. The van der Waals surface area contributed by atoms with Gasteiger partial charge in [0.2, 0.25) is 0 Å². The van der Waals surface area contributed by atoms with Gasteiger partial charge in [0, 0.05) is 23.1 Å². The molecule has 0 unspecified atom stereocenters. The molecule has 0 aliphatic carbocycles. The molecule has 0 fully saturated rings. The van der Waals surface area contributed by atoms with Crippen molar-refractivity contribution in [1.29, 1.82) is 0 Å². The summed E-state index contributed by atoms with van der Waals surface area (Å²) in [6.07, 6.45) is 1.83. The van der Waals surface area contributed by atoms with E-state index in [-0.39, 0.29) is 5.91 Å². The van der Waals surface area contributed by atoms with Crippen LogP contribution in [0.3, 0.4) is 0 Å². The number of carbonyl (C=O) groups excluding carboxylic acids is 1. The van der Waals surface area contributed by atoms with Crippen molar-refractivity contribution in [2.75, 3.05) is 14.2 Å². The van der Waals surface area contributed by atoms with Crippen LogP contribution in [-0.2, 0) is 13.1 Å². The van der Waals surface area contributed by atoms with Crippen LogP contribution in [0.4, 0.5) is 0 Å². The molecule has 0 atom stereocenters. The minimum Gasteiger partial charge on any atom is -0.497 e. The van der Waals surface area contributed by atoms with Crippen LogP contribution in [0.2, 0.25) is 0 Å². The molecule has 6 heteroatoms. The van der Waals surface area contributed by atoms with Crippen molar-refractivity contribution in [3.63, 3.8) is 0 Å². The fourth-order valence-electron chi connectivity index (χ4n) is 3.50. The molecule has 0 aliphatic rings. The Morgan fingerprint density at radius 2 is 1.81 bits per heavy atom. The van der Waals surface area contributed by atoms with Gasteiger partial charge in [-0.2, -0.15) is 5.10 Å². The molecule has 1 aromatic heterocycles. The molecular formula is C25H25N3O3. The summed E-state index contributed by atoms with van der Waals surface area (Å²) in [6.45, 7) is 3.05.